The molecule has 1 fully saturated rings. The maximum Gasteiger partial charge on any atom is 0.338 e. The van der Waals surface area contributed by atoms with E-state index in [4.69, 9.17) is 5.11 Å². The monoisotopic (exact) mass is 240 g/mol. The summed E-state index contributed by atoms with van der Waals surface area (Å²) in [5.41, 5.74) is -0.963. The molecule has 2 N–H and O–H groups in total. The number of benzene rings is 1. The van der Waals surface area contributed by atoms with Gasteiger partial charge in [-0.2, -0.15) is 0 Å². The number of carboxylic acids is 1. The van der Waals surface area contributed by atoms with Crippen LogP contribution in [0.4, 0.5) is 15.8 Å². The van der Waals surface area contributed by atoms with Crippen LogP contribution in [0.25, 0.3) is 0 Å². The van der Waals surface area contributed by atoms with E-state index in [2.05, 4.69) is 5.32 Å². The van der Waals surface area contributed by atoms with Crippen LogP contribution in [-0.4, -0.2) is 22.0 Å². The average molecular weight is 240 g/mol. The summed E-state index contributed by atoms with van der Waals surface area (Å²) in [5.74, 6) is -2.55. The predicted octanol–water partition coefficient (Wildman–Crippen LogP) is 2.01. The van der Waals surface area contributed by atoms with Crippen molar-refractivity contribution >= 4 is 17.3 Å². The predicted molar refractivity (Wildman–Crippen MR) is 56.7 cm³/mol. The molecule has 0 saturated heterocycles. The van der Waals surface area contributed by atoms with E-state index >= 15 is 0 Å². The average Bonchev–Trinajstić information content (AvgIpc) is 3.03. The van der Waals surface area contributed by atoms with Crippen molar-refractivity contribution < 1.29 is 19.2 Å². The normalized spacial score (nSPS) is 14.4. The molecule has 1 aromatic carbocycles. The van der Waals surface area contributed by atoms with E-state index in [1.165, 1.54) is 0 Å². The van der Waals surface area contributed by atoms with E-state index < -0.39 is 28.0 Å². The Labute approximate surface area is 95.2 Å². The number of hydrogen-bond acceptors (Lipinski definition) is 4. The van der Waals surface area contributed by atoms with Crippen LogP contribution in [0.2, 0.25) is 0 Å². The van der Waals surface area contributed by atoms with Crippen molar-refractivity contribution in [2.24, 2.45) is 0 Å². The highest BCUT2D eigenvalue weighted by Gasteiger charge is 2.27. The summed E-state index contributed by atoms with van der Waals surface area (Å²) in [5, 5.41) is 22.3. The van der Waals surface area contributed by atoms with Gasteiger partial charge in [-0.05, 0) is 18.9 Å². The van der Waals surface area contributed by atoms with E-state index in [-0.39, 0.29) is 11.7 Å². The molecule has 1 saturated carbocycles. The Kier molecular flexibility index (Phi) is 2.66. The zero-order chi connectivity index (χ0) is 12.6. The third-order valence-electron chi connectivity index (χ3n) is 2.45. The Hall–Kier alpha value is -2.18. The van der Waals surface area contributed by atoms with E-state index in [9.17, 15) is 19.3 Å². The highest BCUT2D eigenvalue weighted by Crippen LogP contribution is 2.32. The van der Waals surface area contributed by atoms with E-state index in [1.54, 1.807) is 0 Å². The van der Waals surface area contributed by atoms with Crippen molar-refractivity contribution in [3.63, 3.8) is 0 Å². The molecule has 0 radical (unpaired) electrons. The number of halogens is 1. The first-order chi connectivity index (χ1) is 7.99. The number of anilines is 1. The molecule has 0 spiro atoms. The van der Waals surface area contributed by atoms with Crippen molar-refractivity contribution in [1.82, 2.24) is 0 Å². The molecule has 1 aliphatic rings. The molecular formula is C10H9FN2O4. The SMILES string of the molecule is O=C(O)c1cc(NC2CC2)c([N+](=O)[O-])cc1F. The number of nitrogens with zero attached hydrogens (tertiary/aromatic N) is 1. The van der Waals surface area contributed by atoms with Crippen molar-refractivity contribution in [2.75, 3.05) is 5.32 Å². The molecule has 90 valence electrons. The highest BCUT2D eigenvalue weighted by molar-refractivity contribution is 5.90. The van der Waals surface area contributed by atoms with Crippen molar-refractivity contribution in [2.45, 2.75) is 18.9 Å². The lowest BCUT2D eigenvalue weighted by Crippen LogP contribution is -2.08. The summed E-state index contributed by atoms with van der Waals surface area (Å²) >= 11 is 0. The smallest absolute Gasteiger partial charge is 0.338 e. The molecule has 2 rings (SSSR count). The van der Waals surface area contributed by atoms with Gasteiger partial charge in [-0.3, -0.25) is 10.1 Å². The number of aromatic carboxylic acids is 1. The number of nitro groups is 1. The van der Waals surface area contributed by atoms with Crippen LogP contribution in [0.1, 0.15) is 23.2 Å². The lowest BCUT2D eigenvalue weighted by molar-refractivity contribution is -0.384. The van der Waals surface area contributed by atoms with Gasteiger partial charge in [0, 0.05) is 6.04 Å². The topological polar surface area (TPSA) is 92.5 Å². The highest BCUT2D eigenvalue weighted by atomic mass is 19.1. The van der Waals surface area contributed by atoms with Crippen LogP contribution in [-0.2, 0) is 0 Å². The van der Waals surface area contributed by atoms with Crippen molar-refractivity contribution in [3.8, 4) is 0 Å². The summed E-state index contributed by atoms with van der Waals surface area (Å²) in [7, 11) is 0. The number of rotatable bonds is 4. The van der Waals surface area contributed by atoms with Crippen molar-refractivity contribution in [1.29, 1.82) is 0 Å². The van der Waals surface area contributed by atoms with E-state index in [0.717, 1.165) is 18.9 Å². The van der Waals surface area contributed by atoms with Gasteiger partial charge in [-0.25, -0.2) is 9.18 Å². The molecule has 6 nitrogen and oxygen atoms in total. The second-order valence-corrected chi connectivity index (χ2v) is 3.83. The summed E-state index contributed by atoms with van der Waals surface area (Å²) in [6, 6.07) is 1.71. The standard InChI is InChI=1S/C10H9FN2O4/c11-7-4-9(13(16)17)8(12-5-1-2-5)3-6(7)10(14)15/h3-5,12H,1-2H2,(H,14,15). The molecule has 0 aromatic heterocycles. The molecule has 0 aliphatic heterocycles. The van der Waals surface area contributed by atoms with Crippen LogP contribution in [0.3, 0.4) is 0 Å². The zero-order valence-corrected chi connectivity index (χ0v) is 8.64. The van der Waals surface area contributed by atoms with E-state index in [0.29, 0.717) is 6.07 Å². The van der Waals surface area contributed by atoms with Crippen LogP contribution in [0.15, 0.2) is 12.1 Å². The summed E-state index contributed by atoms with van der Waals surface area (Å²) in [6.45, 7) is 0. The van der Waals surface area contributed by atoms with Gasteiger partial charge in [0.15, 0.2) is 0 Å². The molecule has 0 amide bonds. The molecule has 0 bridgehead atoms. The van der Waals surface area contributed by atoms with Gasteiger partial charge in [-0.15, -0.1) is 0 Å². The molecule has 0 atom stereocenters. The van der Waals surface area contributed by atoms with Gasteiger partial charge in [0.05, 0.1) is 16.6 Å². The maximum atomic E-state index is 13.3. The molecule has 1 aliphatic carbocycles. The fraction of sp³-hybridized carbons (Fsp3) is 0.300. The summed E-state index contributed by atoms with van der Waals surface area (Å²) < 4.78 is 13.3. The van der Waals surface area contributed by atoms with E-state index in [1.807, 2.05) is 0 Å². The van der Waals surface area contributed by atoms with Crippen molar-refractivity contribution in [3.05, 3.63) is 33.6 Å². The van der Waals surface area contributed by atoms with Crippen LogP contribution in [0.5, 0.6) is 0 Å². The molecule has 7 heteroatoms. The summed E-state index contributed by atoms with van der Waals surface area (Å²) in [4.78, 5) is 20.7. The molecule has 0 unspecified atom stereocenters. The van der Waals surface area contributed by atoms with Gasteiger partial charge < -0.3 is 10.4 Å². The minimum atomic E-state index is -1.45. The first kappa shape index (κ1) is 11.3. The Morgan fingerprint density at radius 3 is 2.65 bits per heavy atom. The number of carboxylic acid groups (broad SMARTS) is 1. The van der Waals surface area contributed by atoms with Gasteiger partial charge in [0.2, 0.25) is 0 Å². The summed E-state index contributed by atoms with van der Waals surface area (Å²) in [6.07, 6.45) is 1.74. The second kappa shape index (κ2) is 4.00. The minimum Gasteiger partial charge on any atom is -0.478 e. The number of carbonyl (C=O) groups is 1. The van der Waals surface area contributed by atoms with Crippen LogP contribution in [0, 0.1) is 15.9 Å². The van der Waals surface area contributed by atoms with Gasteiger partial charge in [0.25, 0.3) is 5.69 Å². The lowest BCUT2D eigenvalue weighted by atomic mass is 10.1. The molecule has 1 aromatic rings. The molecular weight excluding hydrogens is 231 g/mol. The van der Waals surface area contributed by atoms with Crippen LogP contribution >= 0.6 is 0 Å². The molecule has 17 heavy (non-hydrogen) atoms. The van der Waals surface area contributed by atoms with Crippen LogP contribution < -0.4 is 5.32 Å². The Bertz CT molecular complexity index is 499. The largest absolute Gasteiger partial charge is 0.478 e. The first-order valence-electron chi connectivity index (χ1n) is 4.97. The first-order valence-corrected chi connectivity index (χ1v) is 4.97. The number of hydrogen-bond donors (Lipinski definition) is 2. The Balaban J connectivity index is 2.46. The number of nitrogens with one attached hydrogen (secondary N) is 1. The number of nitro benzene ring substituents is 1. The van der Waals surface area contributed by atoms with Gasteiger partial charge in [-0.1, -0.05) is 0 Å². The third-order valence-corrected chi connectivity index (χ3v) is 2.45. The molecule has 0 heterocycles. The fourth-order valence-electron chi connectivity index (χ4n) is 1.44. The quantitative estimate of drug-likeness (QED) is 0.620. The fourth-order valence-corrected chi connectivity index (χ4v) is 1.44. The maximum absolute atomic E-state index is 13.3. The minimum absolute atomic E-state index is 0.0521. The second-order valence-electron chi connectivity index (χ2n) is 3.83. The Morgan fingerprint density at radius 1 is 1.53 bits per heavy atom. The third kappa shape index (κ3) is 2.32. The Morgan fingerprint density at radius 2 is 2.18 bits per heavy atom. The lowest BCUT2D eigenvalue weighted by Gasteiger charge is -2.07. The van der Waals surface area contributed by atoms with Gasteiger partial charge in [0.1, 0.15) is 11.5 Å². The van der Waals surface area contributed by atoms with Gasteiger partial charge >= 0.3 is 5.97 Å². The zero-order valence-electron chi connectivity index (χ0n) is 8.64.